The number of fused-ring (bicyclic) bond motifs is 1. The summed E-state index contributed by atoms with van der Waals surface area (Å²) in [5, 5.41) is 3.16. The van der Waals surface area contributed by atoms with Gasteiger partial charge >= 0.3 is 0 Å². The van der Waals surface area contributed by atoms with Gasteiger partial charge in [0.1, 0.15) is 5.56 Å². The molecule has 0 saturated carbocycles. The number of benzene rings is 3. The van der Waals surface area contributed by atoms with Gasteiger partial charge in [-0.05, 0) is 102 Å². The van der Waals surface area contributed by atoms with E-state index in [2.05, 4.69) is 24.1 Å². The van der Waals surface area contributed by atoms with Gasteiger partial charge in [-0.25, -0.2) is 26.2 Å². The van der Waals surface area contributed by atoms with E-state index in [9.17, 15) is 31.6 Å². The Bertz CT molecular complexity index is 2490. The maximum Gasteiger partial charge on any atom is 0.269 e. The molecule has 2 N–H and O–H groups in total. The zero-order valence-electron chi connectivity index (χ0n) is 29.8. The van der Waals surface area contributed by atoms with Gasteiger partial charge in [-0.1, -0.05) is 56.3 Å². The molecular formula is C40H40F2N4O5SSi. The van der Waals surface area contributed by atoms with Crippen molar-refractivity contribution >= 4 is 35.3 Å². The van der Waals surface area contributed by atoms with Crippen molar-refractivity contribution in [1.29, 1.82) is 0 Å². The molecule has 13 heteroatoms. The second kappa shape index (κ2) is 14.6. The molecule has 9 nitrogen and oxygen atoms in total. The number of amides is 1. The molecule has 6 aromatic rings. The Balaban J connectivity index is 1.30. The summed E-state index contributed by atoms with van der Waals surface area (Å²) in [6.45, 7) is 7.98. The molecule has 0 spiro atoms. The first-order chi connectivity index (χ1) is 25.0. The van der Waals surface area contributed by atoms with Crippen LogP contribution in [0.15, 0.2) is 119 Å². The van der Waals surface area contributed by atoms with Crippen molar-refractivity contribution in [2.24, 2.45) is 0 Å². The van der Waals surface area contributed by atoms with E-state index >= 15 is 0 Å². The second-order valence-corrected chi connectivity index (χ2v) is 20.6. The van der Waals surface area contributed by atoms with Crippen LogP contribution < -0.4 is 10.9 Å². The number of aryl methyl sites for hydroxylation is 1. The monoisotopic (exact) mass is 754 g/mol. The molecule has 0 atom stereocenters. The molecule has 0 bridgehead atoms. The molecule has 0 unspecified atom stereocenters. The number of pyridine rings is 2. The number of aromatic nitrogens is 3. The van der Waals surface area contributed by atoms with Crippen LogP contribution in [0.1, 0.15) is 47.3 Å². The molecule has 6 rings (SSSR count). The van der Waals surface area contributed by atoms with Gasteiger partial charge in [0.25, 0.3) is 21.5 Å². The summed E-state index contributed by atoms with van der Waals surface area (Å²) in [5.41, 5.74) is 2.85. The number of nitrogens with one attached hydrogen (secondary N) is 1. The van der Waals surface area contributed by atoms with Crippen molar-refractivity contribution in [3.05, 3.63) is 154 Å². The van der Waals surface area contributed by atoms with Crippen LogP contribution in [0.2, 0.25) is 18.1 Å². The van der Waals surface area contributed by atoms with E-state index in [1.54, 1.807) is 36.7 Å². The minimum absolute atomic E-state index is 0.0533. The molecule has 0 aliphatic rings. The highest BCUT2D eigenvalue weighted by molar-refractivity contribution is 7.90. The highest BCUT2D eigenvalue weighted by Crippen LogP contribution is 2.40. The van der Waals surface area contributed by atoms with Crippen molar-refractivity contribution in [2.75, 3.05) is 0 Å². The van der Waals surface area contributed by atoms with Crippen LogP contribution >= 0.6 is 0 Å². The highest BCUT2D eigenvalue weighted by atomic mass is 32.2. The molecule has 3 aromatic heterocycles. The van der Waals surface area contributed by atoms with Gasteiger partial charge in [0.2, 0.25) is 0 Å². The topological polar surface area (TPSA) is 123 Å². The molecule has 274 valence electrons. The average molecular weight is 755 g/mol. The third-order valence-corrected chi connectivity index (χ3v) is 15.2. The van der Waals surface area contributed by atoms with E-state index in [1.165, 1.54) is 45.1 Å². The summed E-state index contributed by atoms with van der Waals surface area (Å²) in [6.07, 6.45) is 6.08. The molecule has 1 amide bonds. The van der Waals surface area contributed by atoms with E-state index in [4.69, 9.17) is 0 Å². The van der Waals surface area contributed by atoms with Crippen LogP contribution in [-0.2, 0) is 29.5 Å². The standard InChI is InChI=1S/C40H40F2N4O5SSi/c1-40(2,53(3,4)51)18-17-28-21-33-34(26-46(37(33)43-23-28)52(49,50)31-12-6-5-7-13-31)30-11-8-10-27(20-30)24-44-38(47)32-14-9-19-45(39(32)48)25-29-15-16-35(41)36(42)22-29/h5-16,19-23,26,51H,17-18,24-25H2,1-4H3,(H,44,47). The Kier molecular flexibility index (Phi) is 10.4. The lowest BCUT2D eigenvalue weighted by atomic mass is 9.99. The molecule has 3 aromatic carbocycles. The molecule has 0 aliphatic heterocycles. The highest BCUT2D eigenvalue weighted by Gasteiger charge is 2.37. The van der Waals surface area contributed by atoms with Gasteiger partial charge in [0, 0.05) is 36.1 Å². The van der Waals surface area contributed by atoms with Crippen molar-refractivity contribution < 1.29 is 26.8 Å². The summed E-state index contributed by atoms with van der Waals surface area (Å²) in [4.78, 5) is 42.0. The minimum Gasteiger partial charge on any atom is -0.432 e. The summed E-state index contributed by atoms with van der Waals surface area (Å²) in [5.74, 6) is -2.64. The first kappa shape index (κ1) is 37.5. The summed E-state index contributed by atoms with van der Waals surface area (Å²) < 4.78 is 57.4. The molecule has 0 saturated heterocycles. The fraction of sp³-hybridized carbons (Fsp3) is 0.225. The van der Waals surface area contributed by atoms with Crippen LogP contribution in [0.3, 0.4) is 0 Å². The lowest BCUT2D eigenvalue weighted by Crippen LogP contribution is -2.39. The van der Waals surface area contributed by atoms with E-state index in [-0.39, 0.29) is 34.2 Å². The van der Waals surface area contributed by atoms with Crippen molar-refractivity contribution in [2.45, 2.75) is 62.8 Å². The second-order valence-electron chi connectivity index (χ2n) is 14.3. The van der Waals surface area contributed by atoms with Crippen LogP contribution in [0.25, 0.3) is 22.2 Å². The fourth-order valence-corrected chi connectivity index (χ4v) is 8.02. The predicted octanol–water partition coefficient (Wildman–Crippen LogP) is 7.27. The van der Waals surface area contributed by atoms with Crippen LogP contribution in [0.4, 0.5) is 8.78 Å². The largest absolute Gasteiger partial charge is 0.432 e. The Morgan fingerprint density at radius 1 is 0.906 bits per heavy atom. The average Bonchev–Trinajstić information content (AvgIpc) is 3.52. The maximum absolute atomic E-state index is 13.9. The first-order valence-corrected chi connectivity index (χ1v) is 21.5. The number of rotatable bonds is 12. The lowest BCUT2D eigenvalue weighted by molar-refractivity contribution is 0.0948. The van der Waals surface area contributed by atoms with E-state index < -0.39 is 41.4 Å². The minimum atomic E-state index is -4.01. The summed E-state index contributed by atoms with van der Waals surface area (Å²) in [6, 6.07) is 23.7. The SMILES string of the molecule is CC(C)(CCc1cnc2c(c1)c(-c1cccc(CNC(=O)c3cccn(Cc4ccc(F)c(F)c4)c3=O)c1)cn2S(=O)(=O)c1ccccc1)[Si](C)(C)O. The molecule has 0 fully saturated rings. The Labute approximate surface area is 307 Å². The van der Waals surface area contributed by atoms with Crippen molar-refractivity contribution in [3.8, 4) is 11.1 Å². The van der Waals surface area contributed by atoms with Gasteiger partial charge in [-0.2, -0.15) is 0 Å². The smallest absolute Gasteiger partial charge is 0.269 e. The molecule has 53 heavy (non-hydrogen) atoms. The van der Waals surface area contributed by atoms with Gasteiger partial charge in [0.15, 0.2) is 25.6 Å². The van der Waals surface area contributed by atoms with Gasteiger partial charge < -0.3 is 14.7 Å². The number of hydrogen-bond acceptors (Lipinski definition) is 6. The summed E-state index contributed by atoms with van der Waals surface area (Å²) in [7, 11) is -6.47. The lowest BCUT2D eigenvalue weighted by Gasteiger charge is -2.35. The molecular weight excluding hydrogens is 715 g/mol. The number of carbonyl (C=O) groups is 1. The van der Waals surface area contributed by atoms with E-state index in [0.717, 1.165) is 24.1 Å². The molecule has 3 heterocycles. The first-order valence-electron chi connectivity index (χ1n) is 17.1. The fourth-order valence-electron chi connectivity index (χ4n) is 5.94. The number of hydrogen-bond donors (Lipinski definition) is 2. The van der Waals surface area contributed by atoms with Gasteiger partial charge in [-0.15, -0.1) is 0 Å². The maximum atomic E-state index is 13.9. The Hall–Kier alpha value is -5.24. The van der Waals surface area contributed by atoms with Gasteiger partial charge in [0.05, 0.1) is 11.4 Å². The van der Waals surface area contributed by atoms with Gasteiger partial charge in [-0.3, -0.25) is 9.59 Å². The normalized spacial score (nSPS) is 12.3. The van der Waals surface area contributed by atoms with Crippen molar-refractivity contribution in [1.82, 2.24) is 18.8 Å². The van der Waals surface area contributed by atoms with Crippen LogP contribution in [0, 0.1) is 11.6 Å². The van der Waals surface area contributed by atoms with E-state index in [1.807, 2.05) is 37.4 Å². The Morgan fingerprint density at radius 2 is 1.66 bits per heavy atom. The van der Waals surface area contributed by atoms with Crippen LogP contribution in [-0.4, -0.2) is 41.0 Å². The zero-order chi connectivity index (χ0) is 38.1. The number of carbonyl (C=O) groups excluding carboxylic acids is 1. The zero-order valence-corrected chi connectivity index (χ0v) is 31.6. The third-order valence-electron chi connectivity index (χ3n) is 9.96. The number of halogens is 2. The third kappa shape index (κ3) is 7.92. The van der Waals surface area contributed by atoms with Crippen molar-refractivity contribution in [3.63, 3.8) is 0 Å². The van der Waals surface area contributed by atoms with E-state index in [0.29, 0.717) is 34.1 Å². The quantitative estimate of drug-likeness (QED) is 0.127. The Morgan fingerprint density at radius 3 is 2.38 bits per heavy atom. The predicted molar refractivity (Wildman–Crippen MR) is 204 cm³/mol. The molecule has 0 aliphatic carbocycles. The summed E-state index contributed by atoms with van der Waals surface area (Å²) >= 11 is 0. The van der Waals surface area contributed by atoms with Crippen LogP contribution in [0.5, 0.6) is 0 Å². The number of nitrogens with zero attached hydrogens (tertiary/aromatic N) is 3. The molecule has 0 radical (unpaired) electrons.